The van der Waals surface area contributed by atoms with Crippen LogP contribution in [0, 0.1) is 0 Å². The first-order valence-corrected chi connectivity index (χ1v) is 8.83. The highest BCUT2D eigenvalue weighted by molar-refractivity contribution is 9.10. The van der Waals surface area contributed by atoms with Gasteiger partial charge in [-0.05, 0) is 64.0 Å². The fourth-order valence-electron chi connectivity index (χ4n) is 2.51. The quantitative estimate of drug-likeness (QED) is 0.624. The Morgan fingerprint density at radius 1 is 1.25 bits per heavy atom. The van der Waals surface area contributed by atoms with Gasteiger partial charge in [0.15, 0.2) is 17.2 Å². The number of hydrogen-bond donors (Lipinski definition) is 1. The molecule has 0 atom stereocenters. The maximum atomic E-state index is 13.5. The molecule has 0 fully saturated rings. The molecule has 0 spiro atoms. The van der Waals surface area contributed by atoms with Crippen molar-refractivity contribution in [1.29, 1.82) is 0 Å². The molecule has 1 N–H and O–H groups in total. The number of hydrazone groups is 1. The van der Waals surface area contributed by atoms with Gasteiger partial charge in [-0.1, -0.05) is 11.6 Å². The average Bonchev–Trinajstić information content (AvgIpc) is 2.95. The number of anilines is 1. The van der Waals surface area contributed by atoms with E-state index in [1.165, 1.54) is 43.5 Å². The lowest BCUT2D eigenvalue weighted by molar-refractivity contribution is -0.114. The molecule has 1 aliphatic rings. The third-order valence-corrected chi connectivity index (χ3v) is 4.66. The first kappa shape index (κ1) is 20.2. The minimum Gasteiger partial charge on any atom is -0.503 e. The van der Waals surface area contributed by atoms with Gasteiger partial charge < -0.3 is 9.84 Å². The van der Waals surface area contributed by atoms with Crippen LogP contribution >= 0.6 is 27.5 Å². The molecule has 2 aromatic carbocycles. The Bertz CT molecular complexity index is 1000. The van der Waals surface area contributed by atoms with E-state index in [2.05, 4.69) is 21.0 Å². The summed E-state index contributed by atoms with van der Waals surface area (Å²) in [5, 5.41) is 14.4. The van der Waals surface area contributed by atoms with Crippen LogP contribution in [0.5, 0.6) is 11.5 Å². The molecule has 0 aromatic heterocycles. The average molecular weight is 476 g/mol. The summed E-state index contributed by atoms with van der Waals surface area (Å²) in [6, 6.07) is 8.32. The molecule has 2 aromatic rings. The summed E-state index contributed by atoms with van der Waals surface area (Å²) in [6.45, 7) is 0. The molecular weight excluding hydrogens is 465 g/mol. The van der Waals surface area contributed by atoms with Crippen molar-refractivity contribution in [1.82, 2.24) is 0 Å². The standard InChI is InChI=1S/C18H11BrClF3N2O3/c1-28-14-8-9(7-13(19)15(14)26)6-12-16(18(21,22)23)24-25(17(12)27)11-4-2-10(20)3-5-11/h2-8,26H,1H3. The number of hydrogen-bond acceptors (Lipinski definition) is 4. The Morgan fingerprint density at radius 2 is 1.89 bits per heavy atom. The van der Waals surface area contributed by atoms with Crippen LogP contribution in [0.15, 0.2) is 51.5 Å². The largest absolute Gasteiger partial charge is 0.503 e. The number of phenols is 1. The van der Waals surface area contributed by atoms with E-state index in [0.717, 1.165) is 6.08 Å². The summed E-state index contributed by atoms with van der Waals surface area (Å²) >= 11 is 8.87. The summed E-state index contributed by atoms with van der Waals surface area (Å²) in [5.41, 5.74) is -1.61. The smallest absolute Gasteiger partial charge is 0.435 e. The second-order valence-electron chi connectivity index (χ2n) is 5.65. The molecule has 1 amide bonds. The van der Waals surface area contributed by atoms with Crippen LogP contribution < -0.4 is 9.75 Å². The minimum absolute atomic E-state index is 0.0340. The normalized spacial score (nSPS) is 15.9. The predicted molar refractivity (Wildman–Crippen MR) is 103 cm³/mol. The van der Waals surface area contributed by atoms with Crippen molar-refractivity contribution >= 4 is 50.9 Å². The molecule has 0 saturated carbocycles. The molecule has 0 aliphatic carbocycles. The Kier molecular flexibility index (Phi) is 5.40. The second kappa shape index (κ2) is 7.48. The molecule has 1 heterocycles. The first-order chi connectivity index (χ1) is 13.1. The predicted octanol–water partition coefficient (Wildman–Crippen LogP) is 5.17. The topological polar surface area (TPSA) is 62.1 Å². The number of nitrogens with zero attached hydrogens (tertiary/aromatic N) is 2. The van der Waals surface area contributed by atoms with E-state index < -0.39 is 23.4 Å². The van der Waals surface area contributed by atoms with E-state index in [1.807, 2.05) is 0 Å². The minimum atomic E-state index is -4.85. The number of phenolic OH excluding ortho intramolecular Hbond substituents is 1. The summed E-state index contributed by atoms with van der Waals surface area (Å²) < 4.78 is 45.6. The van der Waals surface area contributed by atoms with Gasteiger partial charge in [0, 0.05) is 5.02 Å². The number of benzene rings is 2. The lowest BCUT2D eigenvalue weighted by Crippen LogP contribution is -2.25. The van der Waals surface area contributed by atoms with Crippen molar-refractivity contribution in [2.45, 2.75) is 6.18 Å². The van der Waals surface area contributed by atoms with E-state index in [1.54, 1.807) is 0 Å². The van der Waals surface area contributed by atoms with Crippen molar-refractivity contribution in [2.24, 2.45) is 5.10 Å². The van der Waals surface area contributed by atoms with Gasteiger partial charge in [0.2, 0.25) is 0 Å². The number of ether oxygens (including phenoxy) is 1. The van der Waals surface area contributed by atoms with Gasteiger partial charge in [0.05, 0.1) is 22.8 Å². The van der Waals surface area contributed by atoms with Crippen LogP contribution in [0.1, 0.15) is 5.56 Å². The lowest BCUT2D eigenvalue weighted by Gasteiger charge is -2.11. The molecule has 10 heteroatoms. The van der Waals surface area contributed by atoms with Crippen molar-refractivity contribution < 1.29 is 27.8 Å². The Morgan fingerprint density at radius 3 is 2.46 bits per heavy atom. The highest BCUT2D eigenvalue weighted by Gasteiger charge is 2.46. The molecule has 0 radical (unpaired) electrons. The van der Waals surface area contributed by atoms with Crippen LogP contribution in [0.3, 0.4) is 0 Å². The molecule has 5 nitrogen and oxygen atoms in total. The summed E-state index contributed by atoms with van der Waals surface area (Å²) in [7, 11) is 1.30. The van der Waals surface area contributed by atoms with Crippen molar-refractivity contribution in [2.75, 3.05) is 12.1 Å². The van der Waals surface area contributed by atoms with Gasteiger partial charge >= 0.3 is 6.18 Å². The fourth-order valence-corrected chi connectivity index (χ4v) is 3.10. The Balaban J connectivity index is 2.10. The second-order valence-corrected chi connectivity index (χ2v) is 6.94. The molecule has 146 valence electrons. The zero-order valence-corrected chi connectivity index (χ0v) is 16.4. The molecule has 1 aliphatic heterocycles. The molecule has 0 unspecified atom stereocenters. The number of carbonyl (C=O) groups is 1. The Labute approximate surface area is 170 Å². The lowest BCUT2D eigenvalue weighted by atomic mass is 10.1. The number of alkyl halides is 3. The van der Waals surface area contributed by atoms with Crippen molar-refractivity contribution in [3.8, 4) is 11.5 Å². The Hall–Kier alpha value is -2.52. The van der Waals surface area contributed by atoms with Gasteiger partial charge in [0.25, 0.3) is 5.91 Å². The zero-order valence-electron chi connectivity index (χ0n) is 14.1. The van der Waals surface area contributed by atoms with E-state index in [-0.39, 0.29) is 27.2 Å². The van der Waals surface area contributed by atoms with E-state index in [0.29, 0.717) is 10.0 Å². The monoisotopic (exact) mass is 474 g/mol. The van der Waals surface area contributed by atoms with Gasteiger partial charge in [-0.3, -0.25) is 4.79 Å². The number of aromatic hydroxyl groups is 1. The molecule has 0 bridgehead atoms. The first-order valence-electron chi connectivity index (χ1n) is 7.66. The maximum Gasteiger partial charge on any atom is 0.435 e. The van der Waals surface area contributed by atoms with Crippen molar-refractivity contribution in [3.63, 3.8) is 0 Å². The van der Waals surface area contributed by atoms with E-state index in [4.69, 9.17) is 16.3 Å². The molecular formula is C18H11BrClF3N2O3. The van der Waals surface area contributed by atoms with E-state index in [9.17, 15) is 23.1 Å². The summed E-state index contributed by atoms with van der Waals surface area (Å²) in [5.74, 6) is -1.13. The number of amides is 1. The van der Waals surface area contributed by atoms with Gasteiger partial charge in [-0.25, -0.2) is 0 Å². The van der Waals surface area contributed by atoms with Crippen LogP contribution in [-0.2, 0) is 4.79 Å². The van der Waals surface area contributed by atoms with Gasteiger partial charge in [-0.15, -0.1) is 0 Å². The fraction of sp³-hybridized carbons (Fsp3) is 0.111. The van der Waals surface area contributed by atoms with Crippen LogP contribution in [0.2, 0.25) is 5.02 Å². The maximum absolute atomic E-state index is 13.5. The van der Waals surface area contributed by atoms with Crippen LogP contribution in [0.4, 0.5) is 18.9 Å². The highest BCUT2D eigenvalue weighted by Crippen LogP contribution is 2.37. The third kappa shape index (κ3) is 3.85. The van der Waals surface area contributed by atoms with Gasteiger partial charge in [-0.2, -0.15) is 23.3 Å². The number of halogens is 5. The molecule has 0 saturated heterocycles. The summed E-state index contributed by atoms with van der Waals surface area (Å²) in [6.07, 6.45) is -3.81. The van der Waals surface area contributed by atoms with Crippen LogP contribution in [0.25, 0.3) is 6.08 Å². The van der Waals surface area contributed by atoms with E-state index >= 15 is 0 Å². The number of rotatable bonds is 3. The molecule has 28 heavy (non-hydrogen) atoms. The van der Waals surface area contributed by atoms with Crippen molar-refractivity contribution in [3.05, 3.63) is 57.0 Å². The number of methoxy groups -OCH3 is 1. The third-order valence-electron chi connectivity index (χ3n) is 3.80. The summed E-state index contributed by atoms with van der Waals surface area (Å²) in [4.78, 5) is 12.7. The zero-order chi connectivity index (χ0) is 20.6. The van der Waals surface area contributed by atoms with Gasteiger partial charge in [0.1, 0.15) is 0 Å². The molecule has 3 rings (SSSR count). The SMILES string of the molecule is COc1cc(C=C2C(=O)N(c3ccc(Cl)cc3)N=C2C(F)(F)F)cc(Br)c1O. The number of carbonyl (C=O) groups excluding carboxylic acids is 1. The highest BCUT2D eigenvalue weighted by atomic mass is 79.9. The van der Waals surface area contributed by atoms with Crippen LogP contribution in [-0.4, -0.2) is 30.0 Å².